The molecule has 1 aromatic rings. The van der Waals surface area contributed by atoms with Gasteiger partial charge in [-0.1, -0.05) is 13.8 Å². The Kier molecular flexibility index (Phi) is 8.12. The molecule has 0 heterocycles. The summed E-state index contributed by atoms with van der Waals surface area (Å²) in [4.78, 5) is 12.2. The van der Waals surface area contributed by atoms with Gasteiger partial charge in [0, 0.05) is 16.6 Å². The van der Waals surface area contributed by atoms with E-state index < -0.39 is 0 Å². The number of nitrogens with one attached hydrogen (secondary N) is 1. The summed E-state index contributed by atoms with van der Waals surface area (Å²) < 4.78 is 10.6. The van der Waals surface area contributed by atoms with E-state index in [0.717, 1.165) is 23.5 Å². The van der Waals surface area contributed by atoms with Crippen LogP contribution in [0.15, 0.2) is 23.1 Å². The van der Waals surface area contributed by atoms with Crippen molar-refractivity contribution in [3.8, 4) is 11.5 Å². The number of benzene rings is 1. The maximum Gasteiger partial charge on any atom is 0.243 e. The molecule has 0 spiro atoms. The number of ether oxygens (including phenoxy) is 2. The molecular formula is C16H25NO4S. The van der Waals surface area contributed by atoms with Gasteiger partial charge in [-0.05, 0) is 37.0 Å². The summed E-state index contributed by atoms with van der Waals surface area (Å²) in [6, 6.07) is 5.89. The minimum atomic E-state index is -0.335. The molecule has 124 valence electrons. The SMILES string of the molecule is COc1ccc(S[C@@H](CCCC(=O)NO)C(C)C)cc1OC. The predicted octanol–water partition coefficient (Wildman–Crippen LogP) is 3.50. The molecule has 1 amide bonds. The van der Waals surface area contributed by atoms with Gasteiger partial charge in [-0.25, -0.2) is 5.48 Å². The molecule has 1 rings (SSSR count). The minimum absolute atomic E-state index is 0.335. The third kappa shape index (κ3) is 5.77. The van der Waals surface area contributed by atoms with E-state index in [-0.39, 0.29) is 5.91 Å². The van der Waals surface area contributed by atoms with Crippen LogP contribution in [0.25, 0.3) is 0 Å². The molecule has 6 heteroatoms. The van der Waals surface area contributed by atoms with E-state index in [9.17, 15) is 4.79 Å². The Morgan fingerprint density at radius 3 is 2.50 bits per heavy atom. The van der Waals surface area contributed by atoms with Gasteiger partial charge in [0.2, 0.25) is 5.91 Å². The average molecular weight is 327 g/mol. The lowest BCUT2D eigenvalue weighted by Crippen LogP contribution is -2.19. The van der Waals surface area contributed by atoms with Crippen molar-refractivity contribution in [2.24, 2.45) is 5.92 Å². The van der Waals surface area contributed by atoms with Crippen molar-refractivity contribution in [2.75, 3.05) is 14.2 Å². The first kappa shape index (κ1) is 18.6. The Hall–Kier alpha value is -1.40. The molecule has 1 aromatic carbocycles. The standard InChI is InChI=1S/C16H25NO4S/c1-11(2)15(6-5-7-16(18)17-19)22-12-8-9-13(20-3)14(10-12)21-4/h8-11,15,19H,5-7H2,1-4H3,(H,17,18)/t15-/m0/s1. The van der Waals surface area contributed by atoms with Crippen molar-refractivity contribution in [3.05, 3.63) is 18.2 Å². The van der Waals surface area contributed by atoms with Crippen LogP contribution in [0, 0.1) is 5.92 Å². The highest BCUT2D eigenvalue weighted by molar-refractivity contribution is 8.00. The van der Waals surface area contributed by atoms with Gasteiger partial charge in [0.15, 0.2) is 11.5 Å². The molecule has 0 aliphatic rings. The van der Waals surface area contributed by atoms with Crippen LogP contribution in [0.2, 0.25) is 0 Å². The van der Waals surface area contributed by atoms with Crippen LogP contribution in [0.4, 0.5) is 0 Å². The highest BCUT2D eigenvalue weighted by atomic mass is 32.2. The number of carbonyl (C=O) groups is 1. The summed E-state index contributed by atoms with van der Waals surface area (Å²) in [6.45, 7) is 4.34. The van der Waals surface area contributed by atoms with E-state index in [4.69, 9.17) is 14.7 Å². The lowest BCUT2D eigenvalue weighted by Gasteiger charge is -2.21. The summed E-state index contributed by atoms with van der Waals surface area (Å²) >= 11 is 1.78. The zero-order chi connectivity index (χ0) is 16.5. The van der Waals surface area contributed by atoms with Crippen molar-refractivity contribution in [1.29, 1.82) is 0 Å². The lowest BCUT2D eigenvalue weighted by atomic mass is 10.0. The molecule has 22 heavy (non-hydrogen) atoms. The monoisotopic (exact) mass is 327 g/mol. The molecule has 1 atom stereocenters. The van der Waals surface area contributed by atoms with Gasteiger partial charge in [0.25, 0.3) is 0 Å². The van der Waals surface area contributed by atoms with E-state index in [0.29, 0.717) is 23.3 Å². The number of methoxy groups -OCH3 is 2. The van der Waals surface area contributed by atoms with E-state index in [1.165, 1.54) is 0 Å². The molecule has 0 aromatic heterocycles. The van der Waals surface area contributed by atoms with Gasteiger partial charge in [0.1, 0.15) is 0 Å². The van der Waals surface area contributed by atoms with Gasteiger partial charge >= 0.3 is 0 Å². The molecule has 0 bridgehead atoms. The zero-order valence-electron chi connectivity index (χ0n) is 13.6. The van der Waals surface area contributed by atoms with Crippen molar-refractivity contribution in [2.45, 2.75) is 43.3 Å². The third-order valence-electron chi connectivity index (χ3n) is 3.40. The normalized spacial score (nSPS) is 12.1. The van der Waals surface area contributed by atoms with Gasteiger partial charge in [0.05, 0.1) is 14.2 Å². The van der Waals surface area contributed by atoms with E-state index in [2.05, 4.69) is 13.8 Å². The smallest absolute Gasteiger partial charge is 0.243 e. The maximum absolute atomic E-state index is 11.1. The molecule has 5 nitrogen and oxygen atoms in total. The zero-order valence-corrected chi connectivity index (χ0v) is 14.4. The van der Waals surface area contributed by atoms with Crippen LogP contribution in [0.5, 0.6) is 11.5 Å². The van der Waals surface area contributed by atoms with Gasteiger partial charge in [-0.15, -0.1) is 11.8 Å². The number of hydrogen-bond donors (Lipinski definition) is 2. The Morgan fingerprint density at radius 2 is 1.95 bits per heavy atom. The highest BCUT2D eigenvalue weighted by Crippen LogP contribution is 2.36. The van der Waals surface area contributed by atoms with Gasteiger partial charge in [-0.3, -0.25) is 10.0 Å². The number of thioether (sulfide) groups is 1. The number of hydrogen-bond acceptors (Lipinski definition) is 5. The molecule has 0 saturated heterocycles. The van der Waals surface area contributed by atoms with Crippen LogP contribution in [-0.4, -0.2) is 30.6 Å². The van der Waals surface area contributed by atoms with Crippen LogP contribution in [0.1, 0.15) is 33.1 Å². The minimum Gasteiger partial charge on any atom is -0.493 e. The first-order valence-electron chi connectivity index (χ1n) is 7.33. The van der Waals surface area contributed by atoms with E-state index >= 15 is 0 Å². The van der Waals surface area contributed by atoms with Crippen molar-refractivity contribution < 1.29 is 19.5 Å². The number of carbonyl (C=O) groups excluding carboxylic acids is 1. The molecule has 2 N–H and O–H groups in total. The number of amides is 1. The molecule has 0 saturated carbocycles. The molecule has 0 aliphatic carbocycles. The fraction of sp³-hybridized carbons (Fsp3) is 0.562. The first-order chi connectivity index (χ1) is 10.5. The molecule has 0 radical (unpaired) electrons. The quantitative estimate of drug-likeness (QED) is 0.413. The number of rotatable bonds is 9. The Labute approximate surface area is 136 Å². The van der Waals surface area contributed by atoms with Crippen molar-refractivity contribution >= 4 is 17.7 Å². The van der Waals surface area contributed by atoms with Crippen LogP contribution in [0.3, 0.4) is 0 Å². The van der Waals surface area contributed by atoms with Gasteiger partial charge in [-0.2, -0.15) is 0 Å². The average Bonchev–Trinajstić information content (AvgIpc) is 2.53. The first-order valence-corrected chi connectivity index (χ1v) is 8.21. The largest absolute Gasteiger partial charge is 0.493 e. The topological polar surface area (TPSA) is 67.8 Å². The Morgan fingerprint density at radius 1 is 1.27 bits per heavy atom. The summed E-state index contributed by atoms with van der Waals surface area (Å²) in [5.41, 5.74) is 1.67. The summed E-state index contributed by atoms with van der Waals surface area (Å²) in [5.74, 6) is 1.58. The summed E-state index contributed by atoms with van der Waals surface area (Å²) in [5, 5.41) is 8.91. The highest BCUT2D eigenvalue weighted by Gasteiger charge is 2.16. The molecular weight excluding hydrogens is 302 g/mol. The fourth-order valence-corrected chi connectivity index (χ4v) is 3.34. The third-order valence-corrected chi connectivity index (χ3v) is 5.01. The fourth-order valence-electron chi connectivity index (χ4n) is 2.11. The second-order valence-corrected chi connectivity index (χ2v) is 6.66. The van der Waals surface area contributed by atoms with Crippen molar-refractivity contribution in [3.63, 3.8) is 0 Å². The number of hydroxylamine groups is 1. The molecule has 0 fully saturated rings. The second kappa shape index (κ2) is 9.58. The molecule has 0 unspecified atom stereocenters. The van der Waals surface area contributed by atoms with Crippen LogP contribution >= 0.6 is 11.8 Å². The van der Waals surface area contributed by atoms with Crippen molar-refractivity contribution in [1.82, 2.24) is 5.48 Å². The summed E-state index contributed by atoms with van der Waals surface area (Å²) in [6.07, 6.45) is 1.99. The molecule has 0 aliphatic heterocycles. The van der Waals surface area contributed by atoms with Gasteiger partial charge < -0.3 is 9.47 Å². The lowest BCUT2D eigenvalue weighted by molar-refractivity contribution is -0.129. The van der Waals surface area contributed by atoms with Crippen LogP contribution < -0.4 is 15.0 Å². The Balaban J connectivity index is 2.68. The van der Waals surface area contributed by atoms with E-state index in [1.54, 1.807) is 31.5 Å². The maximum atomic E-state index is 11.1. The Bertz CT molecular complexity index is 479. The predicted molar refractivity (Wildman–Crippen MR) is 87.8 cm³/mol. The second-order valence-electron chi connectivity index (χ2n) is 5.34. The van der Waals surface area contributed by atoms with E-state index in [1.807, 2.05) is 18.2 Å². The summed E-state index contributed by atoms with van der Waals surface area (Å²) in [7, 11) is 3.24. The van der Waals surface area contributed by atoms with Crippen LogP contribution in [-0.2, 0) is 4.79 Å².